The van der Waals surface area contributed by atoms with Gasteiger partial charge in [0.05, 0.1) is 5.69 Å². The molecule has 0 radical (unpaired) electrons. The molecule has 2 heterocycles. The number of hydrogen-bond acceptors (Lipinski definition) is 2. The second-order valence-corrected chi connectivity index (χ2v) is 26.9. The van der Waals surface area contributed by atoms with Crippen LogP contribution in [0.3, 0.4) is 0 Å². The molecule has 12 rings (SSSR count). The molecular formula is C67H73BN2. The van der Waals surface area contributed by atoms with Crippen molar-refractivity contribution in [1.82, 2.24) is 0 Å². The summed E-state index contributed by atoms with van der Waals surface area (Å²) in [6.45, 7) is 36.8. The summed E-state index contributed by atoms with van der Waals surface area (Å²) in [7, 11) is 0. The zero-order chi connectivity index (χ0) is 49.5. The number of aryl methyl sites for hydroxylation is 1. The van der Waals surface area contributed by atoms with Crippen LogP contribution >= 0.6 is 0 Å². The molecule has 0 saturated carbocycles. The Hall–Kier alpha value is -5.80. The number of nitrogens with zero attached hydrogens (tertiary/aromatic N) is 2. The van der Waals surface area contributed by atoms with Gasteiger partial charge >= 0.3 is 0 Å². The van der Waals surface area contributed by atoms with Gasteiger partial charge in [-0.15, -0.1) is 0 Å². The molecular weight excluding hydrogens is 844 g/mol. The summed E-state index contributed by atoms with van der Waals surface area (Å²) >= 11 is 0. The Balaban J connectivity index is 1.20. The van der Waals surface area contributed by atoms with Crippen LogP contribution in [-0.4, -0.2) is 6.71 Å². The molecule has 2 nitrogen and oxygen atoms in total. The molecule has 0 amide bonds. The van der Waals surface area contributed by atoms with Gasteiger partial charge in [-0.25, -0.2) is 0 Å². The maximum absolute atomic E-state index is 2.71. The van der Waals surface area contributed by atoms with Gasteiger partial charge in [0.2, 0.25) is 0 Å². The van der Waals surface area contributed by atoms with Gasteiger partial charge in [-0.1, -0.05) is 182 Å². The third-order valence-corrected chi connectivity index (χ3v) is 18.3. The van der Waals surface area contributed by atoms with E-state index in [-0.39, 0.29) is 44.6 Å². The average Bonchev–Trinajstić information content (AvgIpc) is 3.70. The Morgan fingerprint density at radius 2 is 0.857 bits per heavy atom. The molecule has 0 unspecified atom stereocenters. The predicted octanol–water partition coefficient (Wildman–Crippen LogP) is 15.9. The summed E-state index contributed by atoms with van der Waals surface area (Å²) < 4.78 is 0. The number of benzene rings is 7. The van der Waals surface area contributed by atoms with Crippen molar-refractivity contribution in [3.63, 3.8) is 0 Å². The first-order valence-electron chi connectivity index (χ1n) is 26.3. The van der Waals surface area contributed by atoms with Crippen molar-refractivity contribution in [2.24, 2.45) is 0 Å². The highest BCUT2D eigenvalue weighted by atomic mass is 15.2. The minimum Gasteiger partial charge on any atom is -0.311 e. The predicted molar refractivity (Wildman–Crippen MR) is 301 cm³/mol. The third kappa shape index (κ3) is 6.44. The van der Waals surface area contributed by atoms with Crippen LogP contribution in [0.15, 0.2) is 133 Å². The van der Waals surface area contributed by atoms with Crippen molar-refractivity contribution in [3.05, 3.63) is 184 Å². The van der Waals surface area contributed by atoms with Crippen LogP contribution in [0.2, 0.25) is 0 Å². The van der Waals surface area contributed by atoms with Gasteiger partial charge < -0.3 is 9.80 Å². The zero-order valence-corrected chi connectivity index (χ0v) is 44.8. The highest BCUT2D eigenvalue weighted by molar-refractivity contribution is 7.00. The Labute approximate surface area is 420 Å². The van der Waals surface area contributed by atoms with Crippen molar-refractivity contribution in [1.29, 1.82) is 0 Å². The first-order valence-corrected chi connectivity index (χ1v) is 26.3. The van der Waals surface area contributed by atoms with Crippen LogP contribution in [0.4, 0.5) is 34.1 Å². The molecule has 0 saturated heterocycles. The third-order valence-electron chi connectivity index (χ3n) is 18.3. The summed E-state index contributed by atoms with van der Waals surface area (Å²) in [5, 5.41) is 0. The molecule has 0 aromatic heterocycles. The first kappa shape index (κ1) is 45.4. The van der Waals surface area contributed by atoms with Gasteiger partial charge in [-0.3, -0.25) is 0 Å². The summed E-state index contributed by atoms with van der Waals surface area (Å²) in [6.07, 6.45) is 3.39. The fourth-order valence-electron chi connectivity index (χ4n) is 15.7. The van der Waals surface area contributed by atoms with E-state index in [2.05, 4.69) is 247 Å². The van der Waals surface area contributed by atoms with Crippen molar-refractivity contribution >= 4 is 57.2 Å². The lowest BCUT2D eigenvalue weighted by Gasteiger charge is -2.46. The largest absolute Gasteiger partial charge is 0.311 e. The molecule has 70 heavy (non-hydrogen) atoms. The lowest BCUT2D eigenvalue weighted by atomic mass is 9.33. The van der Waals surface area contributed by atoms with Gasteiger partial charge in [0.25, 0.3) is 6.71 Å². The highest BCUT2D eigenvalue weighted by Gasteiger charge is 2.51. The lowest BCUT2D eigenvalue weighted by Crippen LogP contribution is -2.62. The van der Waals surface area contributed by atoms with Crippen molar-refractivity contribution < 1.29 is 0 Å². The van der Waals surface area contributed by atoms with Crippen LogP contribution in [-0.2, 0) is 37.9 Å². The van der Waals surface area contributed by atoms with Gasteiger partial charge in [0, 0.05) is 39.4 Å². The second kappa shape index (κ2) is 14.4. The van der Waals surface area contributed by atoms with Crippen LogP contribution < -0.4 is 26.2 Å². The van der Waals surface area contributed by atoms with Crippen LogP contribution in [0.25, 0.3) is 11.1 Å². The summed E-state index contributed by atoms with van der Waals surface area (Å²) in [5.41, 5.74) is 27.5. The Kier molecular flexibility index (Phi) is 9.35. The second-order valence-electron chi connectivity index (χ2n) is 26.9. The van der Waals surface area contributed by atoms with Gasteiger partial charge in [0.15, 0.2) is 0 Å². The smallest absolute Gasteiger partial charge is 0.252 e. The minimum atomic E-state index is -0.209. The van der Waals surface area contributed by atoms with Crippen LogP contribution in [0, 0.1) is 6.92 Å². The molecule has 3 aliphatic carbocycles. The molecule has 2 aliphatic heterocycles. The topological polar surface area (TPSA) is 6.48 Å². The van der Waals surface area contributed by atoms with Gasteiger partial charge in [-0.05, 0) is 179 Å². The SMILES string of the molecule is Cc1cc2c3c(c1)N(c1ccc(C(C)(C)c4ccccc4)cc1-c1ccccc1)c1cc4c(cc1B3c1cc3c(cc1N2c1ccc2c(c1)C(C)(C)CC2(C)C)C(C)(C)CC3(C)C)C(C)(C)CC4(C)C. The number of rotatable bonds is 5. The molecule has 3 heteroatoms. The number of hydrogen-bond donors (Lipinski definition) is 0. The van der Waals surface area contributed by atoms with E-state index < -0.39 is 0 Å². The number of fused-ring (bicyclic) bond motifs is 7. The van der Waals surface area contributed by atoms with E-state index >= 15 is 0 Å². The van der Waals surface area contributed by atoms with Crippen molar-refractivity contribution in [2.45, 2.75) is 161 Å². The van der Waals surface area contributed by atoms with Crippen molar-refractivity contribution in [3.8, 4) is 11.1 Å². The maximum atomic E-state index is 2.71. The molecule has 7 aromatic rings. The monoisotopic (exact) mass is 917 g/mol. The molecule has 0 spiro atoms. The van der Waals surface area contributed by atoms with E-state index in [0.29, 0.717) is 0 Å². The van der Waals surface area contributed by atoms with E-state index in [1.165, 1.54) is 112 Å². The summed E-state index contributed by atoms with van der Waals surface area (Å²) in [5.74, 6) is 0. The summed E-state index contributed by atoms with van der Waals surface area (Å²) in [6, 6.07) is 52.9. The quantitative estimate of drug-likeness (QED) is 0.159. The summed E-state index contributed by atoms with van der Waals surface area (Å²) in [4.78, 5) is 5.41. The number of anilines is 6. The molecule has 7 aromatic carbocycles. The Morgan fingerprint density at radius 3 is 1.40 bits per heavy atom. The molecule has 5 aliphatic rings. The normalized spacial score (nSPS) is 19.8. The standard InChI is InChI=1S/C67H73BN2/c1-41-30-58-60-59(31-41)70(55-29-26-44(32-46(55)42-22-18-16-19-23-42)67(14,15)43-24-20-17-21-25-43)57-37-52-50(64(8,9)40-66(52,12)13)35-54(57)68(60)53-34-49-51(65(10,11)39-63(49,6)7)36-56(53)69(58)45-27-28-47-48(33-45)62(4,5)38-61(47,2)3/h16-37H,38-40H2,1-15H3. The first-order chi connectivity index (χ1) is 32.8. The lowest BCUT2D eigenvalue weighted by molar-refractivity contribution is 0.403. The van der Waals surface area contributed by atoms with Crippen LogP contribution in [0.5, 0.6) is 0 Å². The minimum absolute atomic E-state index is 0.0248. The zero-order valence-electron chi connectivity index (χ0n) is 44.8. The van der Waals surface area contributed by atoms with E-state index in [1.54, 1.807) is 0 Å². The fourth-order valence-corrected chi connectivity index (χ4v) is 15.7. The van der Waals surface area contributed by atoms with E-state index in [0.717, 1.165) is 19.3 Å². The fraction of sp³-hybridized carbons (Fsp3) is 0.373. The Bertz CT molecular complexity index is 3340. The molecule has 0 bridgehead atoms. The average molecular weight is 917 g/mol. The molecule has 0 N–H and O–H groups in total. The van der Waals surface area contributed by atoms with E-state index in [1.807, 2.05) is 0 Å². The van der Waals surface area contributed by atoms with Crippen molar-refractivity contribution in [2.75, 3.05) is 9.80 Å². The molecule has 354 valence electrons. The van der Waals surface area contributed by atoms with E-state index in [9.17, 15) is 0 Å². The van der Waals surface area contributed by atoms with Gasteiger partial charge in [-0.2, -0.15) is 0 Å². The van der Waals surface area contributed by atoms with Crippen LogP contribution in [0.1, 0.15) is 166 Å². The molecule has 0 atom stereocenters. The van der Waals surface area contributed by atoms with E-state index in [4.69, 9.17) is 0 Å². The molecule has 0 fully saturated rings. The van der Waals surface area contributed by atoms with Gasteiger partial charge in [0.1, 0.15) is 0 Å². The highest BCUT2D eigenvalue weighted by Crippen LogP contribution is 2.57. The Morgan fingerprint density at radius 1 is 0.400 bits per heavy atom. The maximum Gasteiger partial charge on any atom is 0.252 e.